The molecule has 1 atom stereocenters. The molecule has 23 heavy (non-hydrogen) atoms. The predicted octanol–water partition coefficient (Wildman–Crippen LogP) is 2.49. The highest BCUT2D eigenvalue weighted by Gasteiger charge is 2.32. The maximum Gasteiger partial charge on any atom is 0.168 e. The van der Waals surface area contributed by atoms with Gasteiger partial charge >= 0.3 is 0 Å². The van der Waals surface area contributed by atoms with Crippen LogP contribution in [0.15, 0.2) is 39.3 Å². The van der Waals surface area contributed by atoms with E-state index in [-0.39, 0.29) is 0 Å². The van der Waals surface area contributed by atoms with Gasteiger partial charge in [0.2, 0.25) is 0 Å². The normalized spacial score (nSPS) is 22.7. The Labute approximate surface area is 145 Å². The second kappa shape index (κ2) is 6.50. The van der Waals surface area contributed by atoms with Gasteiger partial charge in [-0.3, -0.25) is 9.98 Å². The molecule has 0 amide bonds. The van der Waals surface area contributed by atoms with E-state index in [1.165, 1.54) is 11.3 Å². The molecule has 1 aromatic carbocycles. The van der Waals surface area contributed by atoms with Crippen LogP contribution in [-0.4, -0.2) is 58.6 Å². The van der Waals surface area contributed by atoms with E-state index in [1.54, 1.807) is 11.8 Å². The van der Waals surface area contributed by atoms with E-state index >= 15 is 0 Å². The Morgan fingerprint density at radius 3 is 3.22 bits per heavy atom. The molecular formula is C17H18N4S2. The van der Waals surface area contributed by atoms with Crippen LogP contribution in [0.1, 0.15) is 5.56 Å². The van der Waals surface area contributed by atoms with Crippen LogP contribution >= 0.6 is 23.5 Å². The number of rotatable bonds is 4. The Morgan fingerprint density at radius 2 is 2.43 bits per heavy atom. The van der Waals surface area contributed by atoms with Crippen LogP contribution in [-0.2, 0) is 6.42 Å². The van der Waals surface area contributed by atoms with Crippen molar-refractivity contribution in [1.82, 2.24) is 9.80 Å². The highest BCUT2D eigenvalue weighted by molar-refractivity contribution is 8.17. The molecule has 1 unspecified atom stereocenters. The fourth-order valence-electron chi connectivity index (χ4n) is 2.86. The van der Waals surface area contributed by atoms with Crippen molar-refractivity contribution in [2.24, 2.45) is 9.98 Å². The van der Waals surface area contributed by atoms with E-state index in [4.69, 9.17) is 4.99 Å². The molecular weight excluding hydrogens is 324 g/mol. The summed E-state index contributed by atoms with van der Waals surface area (Å²) in [5.41, 5.74) is 2.54. The predicted molar refractivity (Wildman–Crippen MR) is 98.8 cm³/mol. The molecule has 3 aliphatic rings. The Balaban J connectivity index is 1.34. The summed E-state index contributed by atoms with van der Waals surface area (Å²) in [5, 5.41) is 4.54. The first kappa shape index (κ1) is 15.0. The molecule has 4 rings (SSSR count). The molecule has 0 N–H and O–H groups in total. The number of amidine groups is 2. The molecule has 1 aromatic rings. The number of aliphatic imine (C=N–C) groups is 2. The summed E-state index contributed by atoms with van der Waals surface area (Å²) in [7, 11) is 2.11. The fourth-order valence-corrected chi connectivity index (χ4v) is 4.96. The molecule has 0 bridgehead atoms. The molecule has 0 spiro atoms. The molecule has 0 aromatic heterocycles. The lowest BCUT2D eigenvalue weighted by molar-refractivity contribution is 0.512. The van der Waals surface area contributed by atoms with Gasteiger partial charge in [0.05, 0.1) is 12.6 Å². The molecule has 0 saturated carbocycles. The van der Waals surface area contributed by atoms with Crippen molar-refractivity contribution < 1.29 is 0 Å². The number of thioether (sulfide) groups is 2. The topological polar surface area (TPSA) is 31.2 Å². The summed E-state index contributed by atoms with van der Waals surface area (Å²) in [4.78, 5) is 14.0. The highest BCUT2D eigenvalue weighted by Crippen LogP contribution is 2.34. The summed E-state index contributed by atoms with van der Waals surface area (Å²) in [6.45, 7) is 2.94. The molecule has 3 heterocycles. The minimum Gasteiger partial charge on any atom is -0.353 e. The average Bonchev–Trinajstić information content (AvgIpc) is 3.23. The molecule has 0 radical (unpaired) electrons. The minimum atomic E-state index is 0.324. The van der Waals surface area contributed by atoms with Crippen molar-refractivity contribution in [2.75, 3.05) is 32.4 Å². The molecule has 118 valence electrons. The van der Waals surface area contributed by atoms with Crippen LogP contribution in [0.5, 0.6) is 0 Å². The van der Waals surface area contributed by atoms with E-state index < -0.39 is 0 Å². The Morgan fingerprint density at radius 1 is 1.48 bits per heavy atom. The third-order valence-electron chi connectivity index (χ3n) is 4.09. The van der Waals surface area contributed by atoms with Gasteiger partial charge in [0, 0.05) is 43.6 Å². The van der Waals surface area contributed by atoms with Crippen molar-refractivity contribution in [3.8, 4) is 0 Å². The third-order valence-corrected chi connectivity index (χ3v) is 6.15. The summed E-state index contributed by atoms with van der Waals surface area (Å²) in [6.07, 6.45) is 0.938. The van der Waals surface area contributed by atoms with E-state index in [0.717, 1.165) is 42.1 Å². The van der Waals surface area contributed by atoms with Gasteiger partial charge in [-0.25, -0.2) is 0 Å². The van der Waals surface area contributed by atoms with Gasteiger partial charge in [-0.2, -0.15) is 0 Å². The third kappa shape index (κ3) is 3.22. The van der Waals surface area contributed by atoms with Gasteiger partial charge in [0.15, 0.2) is 10.3 Å². The second-order valence-corrected chi connectivity index (χ2v) is 7.58. The largest absolute Gasteiger partial charge is 0.353 e. The van der Waals surface area contributed by atoms with Crippen LogP contribution in [0, 0.1) is 12.1 Å². The lowest BCUT2D eigenvalue weighted by atomic mass is 10.1. The zero-order chi connectivity index (χ0) is 15.6. The van der Waals surface area contributed by atoms with Crippen LogP contribution in [0.3, 0.4) is 0 Å². The Bertz CT molecular complexity index is 668. The lowest BCUT2D eigenvalue weighted by Crippen LogP contribution is -2.27. The molecule has 0 saturated heterocycles. The van der Waals surface area contributed by atoms with Crippen LogP contribution in [0.2, 0.25) is 0 Å². The zero-order valence-corrected chi connectivity index (χ0v) is 14.7. The van der Waals surface area contributed by atoms with Crippen LogP contribution < -0.4 is 0 Å². The SMILES string of the molecule is CN1CCN=C1SCC1=CSC2=NC(Cc3c#cccc3)CN12. The summed E-state index contributed by atoms with van der Waals surface area (Å²) in [5.74, 6) is 0.965. The van der Waals surface area contributed by atoms with Crippen LogP contribution in [0.4, 0.5) is 0 Å². The monoisotopic (exact) mass is 342 g/mol. The van der Waals surface area contributed by atoms with E-state index in [2.05, 4.69) is 45.4 Å². The van der Waals surface area contributed by atoms with Crippen molar-refractivity contribution >= 4 is 33.9 Å². The van der Waals surface area contributed by atoms with Crippen LogP contribution in [0.25, 0.3) is 0 Å². The standard InChI is InChI=1S/C17H18N4S2/c1-20-8-7-18-16(20)22-11-15-12-23-17-19-14(10-21(15)17)9-13-5-3-2-4-6-13/h2-3,5,12,14H,7-11H2,1H3. The fraction of sp³-hybridized carbons (Fsp3) is 0.412. The molecule has 3 aliphatic heterocycles. The smallest absolute Gasteiger partial charge is 0.168 e. The molecule has 0 fully saturated rings. The zero-order valence-electron chi connectivity index (χ0n) is 13.0. The molecule has 0 aliphatic carbocycles. The second-order valence-electron chi connectivity index (χ2n) is 5.80. The van der Waals surface area contributed by atoms with Gasteiger partial charge in [-0.05, 0) is 17.5 Å². The van der Waals surface area contributed by atoms with E-state index in [1.807, 2.05) is 23.9 Å². The van der Waals surface area contributed by atoms with Crippen molar-refractivity contribution in [1.29, 1.82) is 0 Å². The van der Waals surface area contributed by atoms with Gasteiger partial charge in [0.1, 0.15) is 0 Å². The average molecular weight is 342 g/mol. The number of hydrogen-bond donors (Lipinski definition) is 0. The first-order valence-electron chi connectivity index (χ1n) is 7.76. The van der Waals surface area contributed by atoms with Crippen molar-refractivity contribution in [3.05, 3.63) is 47.0 Å². The summed E-state index contributed by atoms with van der Waals surface area (Å²) < 4.78 is 0. The van der Waals surface area contributed by atoms with Crippen molar-refractivity contribution in [3.63, 3.8) is 0 Å². The number of fused-ring (bicyclic) bond motifs is 1. The molecule has 4 nitrogen and oxygen atoms in total. The number of likely N-dealkylation sites (N-methyl/N-ethyl adjacent to an activating group) is 1. The summed E-state index contributed by atoms with van der Waals surface area (Å²) in [6, 6.07) is 12.5. The van der Waals surface area contributed by atoms with Gasteiger partial charge < -0.3 is 9.80 Å². The maximum atomic E-state index is 4.86. The lowest BCUT2D eigenvalue weighted by Gasteiger charge is -2.19. The minimum absolute atomic E-state index is 0.324. The van der Waals surface area contributed by atoms with E-state index in [0.29, 0.717) is 6.04 Å². The maximum absolute atomic E-state index is 4.86. The van der Waals surface area contributed by atoms with Crippen molar-refractivity contribution in [2.45, 2.75) is 12.5 Å². The van der Waals surface area contributed by atoms with Gasteiger partial charge in [-0.1, -0.05) is 41.7 Å². The quantitative estimate of drug-likeness (QED) is 0.841. The first-order valence-corrected chi connectivity index (χ1v) is 9.63. The van der Waals surface area contributed by atoms with Gasteiger partial charge in [-0.15, -0.1) is 0 Å². The Kier molecular flexibility index (Phi) is 4.23. The summed E-state index contributed by atoms with van der Waals surface area (Å²) >= 11 is 3.58. The Hall–Kier alpha value is -1.58. The molecule has 6 heteroatoms. The highest BCUT2D eigenvalue weighted by atomic mass is 32.2. The first-order chi connectivity index (χ1) is 11.3. The number of nitrogens with zero attached hydrogens (tertiary/aromatic N) is 4. The number of hydrogen-bond acceptors (Lipinski definition) is 6. The van der Waals surface area contributed by atoms with Gasteiger partial charge in [0.25, 0.3) is 0 Å². The van der Waals surface area contributed by atoms with E-state index in [9.17, 15) is 0 Å².